The van der Waals surface area contributed by atoms with Crippen molar-refractivity contribution in [2.45, 2.75) is 10.9 Å². The molecule has 8 nitrogen and oxygen atoms in total. The van der Waals surface area contributed by atoms with E-state index in [4.69, 9.17) is 5.14 Å². The van der Waals surface area contributed by atoms with Gasteiger partial charge in [-0.3, -0.25) is 9.79 Å². The van der Waals surface area contributed by atoms with Gasteiger partial charge in [0, 0.05) is 19.8 Å². The van der Waals surface area contributed by atoms with Crippen LogP contribution < -0.4 is 10.5 Å². The quantitative estimate of drug-likeness (QED) is 0.545. The van der Waals surface area contributed by atoms with Gasteiger partial charge >= 0.3 is 0 Å². The molecule has 1 heterocycles. The summed E-state index contributed by atoms with van der Waals surface area (Å²) in [6, 6.07) is 16.1. The Hall–Kier alpha value is -3.14. The molecule has 156 valence electrons. The van der Waals surface area contributed by atoms with Crippen LogP contribution in [0.1, 0.15) is 11.6 Å². The second kappa shape index (κ2) is 9.57. The predicted octanol–water partition coefficient (Wildman–Crippen LogP) is 2.12. The van der Waals surface area contributed by atoms with Crippen LogP contribution in [0.4, 0.5) is 5.69 Å². The lowest BCUT2D eigenvalue weighted by atomic mass is 10.0. The number of anilines is 1. The lowest BCUT2D eigenvalue weighted by Gasteiger charge is -2.40. The first-order chi connectivity index (χ1) is 14.4. The first-order valence-corrected chi connectivity index (χ1v) is 10.4. The van der Waals surface area contributed by atoms with Gasteiger partial charge < -0.3 is 19.7 Å². The number of likely N-dealkylation sites (N-methyl/N-ethyl adjacent to an activating group) is 2. The summed E-state index contributed by atoms with van der Waals surface area (Å²) in [5.41, 5.74) is 2.26. The van der Waals surface area contributed by atoms with E-state index in [1.54, 1.807) is 36.2 Å². The summed E-state index contributed by atoms with van der Waals surface area (Å²) in [6.45, 7) is 3.78. The van der Waals surface area contributed by atoms with E-state index >= 15 is 0 Å². The third kappa shape index (κ3) is 4.54. The Labute approximate surface area is 179 Å². The fraction of sp³-hybridized carbons (Fsp3) is 0.190. The van der Waals surface area contributed by atoms with Crippen molar-refractivity contribution in [3.8, 4) is 0 Å². The number of aliphatic imine (C=N–C) groups is 2. The Balaban J connectivity index is 1.85. The van der Waals surface area contributed by atoms with Crippen LogP contribution >= 0.6 is 0 Å². The Kier molecular flexibility index (Phi) is 6.88. The lowest BCUT2D eigenvalue weighted by Crippen LogP contribution is -2.51. The SMILES string of the molecule is C=N/C=C1\C(=N/CNc2ccc([S+](N)[O-])cc2)N(C)[C@@H](c2ccccc2)C(=O)N1C. The number of nitrogens with two attached hydrogens (primary N) is 1. The largest absolute Gasteiger partial charge is 0.593 e. The van der Waals surface area contributed by atoms with E-state index in [-0.39, 0.29) is 12.6 Å². The van der Waals surface area contributed by atoms with Crippen LogP contribution in [0.5, 0.6) is 0 Å². The molecule has 1 unspecified atom stereocenters. The molecule has 3 N–H and O–H groups in total. The second-order valence-electron chi connectivity index (χ2n) is 6.66. The van der Waals surface area contributed by atoms with Crippen LogP contribution in [0.3, 0.4) is 0 Å². The summed E-state index contributed by atoms with van der Waals surface area (Å²) in [6.07, 6.45) is 1.53. The maximum atomic E-state index is 13.0. The number of hydrogen-bond acceptors (Lipinski definition) is 6. The van der Waals surface area contributed by atoms with E-state index < -0.39 is 17.4 Å². The van der Waals surface area contributed by atoms with Crippen molar-refractivity contribution >= 4 is 35.5 Å². The van der Waals surface area contributed by atoms with Gasteiger partial charge in [0.05, 0.1) is 17.6 Å². The van der Waals surface area contributed by atoms with Crippen molar-refractivity contribution in [1.29, 1.82) is 0 Å². The van der Waals surface area contributed by atoms with Crippen LogP contribution in [0.25, 0.3) is 0 Å². The zero-order valence-corrected chi connectivity index (χ0v) is 17.7. The average Bonchev–Trinajstić information content (AvgIpc) is 2.75. The number of amides is 1. The maximum Gasteiger partial charge on any atom is 0.254 e. The monoisotopic (exact) mass is 424 g/mol. The first kappa shape index (κ1) is 21.6. The number of piperazine rings is 1. The minimum absolute atomic E-state index is 0.0733. The zero-order chi connectivity index (χ0) is 21.7. The number of amidine groups is 1. The van der Waals surface area contributed by atoms with Crippen LogP contribution in [-0.4, -0.2) is 53.6 Å². The Morgan fingerprint density at radius 3 is 2.47 bits per heavy atom. The van der Waals surface area contributed by atoms with Gasteiger partial charge in [-0.05, 0) is 36.5 Å². The molecule has 3 rings (SSSR count). The lowest BCUT2D eigenvalue weighted by molar-refractivity contribution is -0.133. The fourth-order valence-corrected chi connectivity index (χ4v) is 3.66. The normalized spacial score (nSPS) is 20.5. The molecule has 30 heavy (non-hydrogen) atoms. The molecule has 0 aromatic heterocycles. The number of carbonyl (C=O) groups is 1. The zero-order valence-electron chi connectivity index (χ0n) is 16.9. The molecule has 0 saturated carbocycles. The van der Waals surface area contributed by atoms with E-state index in [1.165, 1.54) is 6.20 Å². The van der Waals surface area contributed by atoms with Crippen molar-refractivity contribution in [3.63, 3.8) is 0 Å². The molecule has 0 bridgehead atoms. The standard InChI is InChI=1S/C21H24N6O2S/c1-23-13-18-20(25-14-24-16-9-11-17(12-10-16)30(22)29)27(3)19(21(28)26(18)2)15-7-5-4-6-8-15/h4-13,19,24H,1,14,22H2,2-3H3/b18-13+,25-20+/t19-,30?/m0/s1. The summed E-state index contributed by atoms with van der Waals surface area (Å²) in [7, 11) is 3.54. The van der Waals surface area contributed by atoms with Crippen LogP contribution in [0, 0.1) is 0 Å². The molecule has 0 radical (unpaired) electrons. The number of carbonyl (C=O) groups excluding carboxylic acids is 1. The predicted molar refractivity (Wildman–Crippen MR) is 120 cm³/mol. The maximum absolute atomic E-state index is 13.0. The van der Waals surface area contributed by atoms with Crippen molar-refractivity contribution in [1.82, 2.24) is 9.80 Å². The fourth-order valence-electron chi connectivity index (χ4n) is 3.26. The molecule has 2 aromatic rings. The van der Waals surface area contributed by atoms with Gasteiger partial charge in [-0.15, -0.1) is 5.14 Å². The van der Waals surface area contributed by atoms with Crippen molar-refractivity contribution in [2.24, 2.45) is 15.1 Å². The first-order valence-electron chi connectivity index (χ1n) is 9.20. The minimum Gasteiger partial charge on any atom is -0.593 e. The molecule has 1 fully saturated rings. The highest BCUT2D eigenvalue weighted by molar-refractivity contribution is 7.89. The van der Waals surface area contributed by atoms with Crippen molar-refractivity contribution < 1.29 is 9.35 Å². The molecular formula is C21H24N6O2S. The molecular weight excluding hydrogens is 400 g/mol. The second-order valence-corrected chi connectivity index (χ2v) is 7.72. The third-order valence-corrected chi connectivity index (χ3v) is 5.54. The Bertz CT molecular complexity index is 959. The smallest absolute Gasteiger partial charge is 0.254 e. The molecule has 2 atom stereocenters. The van der Waals surface area contributed by atoms with E-state index in [9.17, 15) is 9.35 Å². The highest BCUT2D eigenvalue weighted by Crippen LogP contribution is 2.30. The number of benzene rings is 2. The van der Waals surface area contributed by atoms with E-state index in [0.717, 1.165) is 11.3 Å². The van der Waals surface area contributed by atoms with Gasteiger partial charge in [-0.25, -0.2) is 4.99 Å². The highest BCUT2D eigenvalue weighted by atomic mass is 32.2. The topological polar surface area (TPSA) is 109 Å². The summed E-state index contributed by atoms with van der Waals surface area (Å²) in [5, 5.41) is 8.57. The van der Waals surface area contributed by atoms with Crippen molar-refractivity contribution in [3.05, 3.63) is 72.1 Å². The van der Waals surface area contributed by atoms with Gasteiger partial charge in [-0.2, -0.15) is 0 Å². The van der Waals surface area contributed by atoms with Gasteiger partial charge in [0.15, 0.2) is 10.7 Å². The molecule has 1 aliphatic rings. The molecule has 0 aliphatic carbocycles. The Morgan fingerprint density at radius 1 is 1.20 bits per heavy atom. The minimum atomic E-state index is -1.51. The van der Waals surface area contributed by atoms with Crippen molar-refractivity contribution in [2.75, 3.05) is 26.1 Å². The van der Waals surface area contributed by atoms with Gasteiger partial charge in [0.25, 0.3) is 5.91 Å². The van der Waals surface area contributed by atoms with Gasteiger partial charge in [-0.1, -0.05) is 30.3 Å². The molecule has 1 saturated heterocycles. The highest BCUT2D eigenvalue weighted by Gasteiger charge is 2.38. The van der Waals surface area contributed by atoms with E-state index in [1.807, 2.05) is 42.3 Å². The summed E-state index contributed by atoms with van der Waals surface area (Å²) in [5.74, 6) is 0.543. The van der Waals surface area contributed by atoms with Crippen LogP contribution in [0.15, 0.2) is 81.4 Å². The van der Waals surface area contributed by atoms with E-state index in [2.05, 4.69) is 22.0 Å². The number of nitrogens with one attached hydrogen (secondary N) is 1. The molecule has 0 spiro atoms. The third-order valence-electron chi connectivity index (χ3n) is 4.80. The summed E-state index contributed by atoms with van der Waals surface area (Å²) < 4.78 is 11.3. The summed E-state index contributed by atoms with van der Waals surface area (Å²) in [4.78, 5) is 25.5. The molecule has 9 heteroatoms. The molecule has 1 amide bonds. The van der Waals surface area contributed by atoms with Crippen LogP contribution in [0.2, 0.25) is 0 Å². The average molecular weight is 425 g/mol. The molecule has 2 aromatic carbocycles. The van der Waals surface area contributed by atoms with Gasteiger partial charge in [0.1, 0.15) is 18.4 Å². The molecule has 1 aliphatic heterocycles. The van der Waals surface area contributed by atoms with Crippen LogP contribution in [-0.2, 0) is 16.2 Å². The number of hydrogen-bond donors (Lipinski definition) is 2. The number of nitrogens with zero attached hydrogens (tertiary/aromatic N) is 4. The van der Waals surface area contributed by atoms with Gasteiger partial charge in [0.2, 0.25) is 0 Å². The number of rotatable bonds is 6. The Morgan fingerprint density at radius 2 is 1.87 bits per heavy atom. The van der Waals surface area contributed by atoms with E-state index in [0.29, 0.717) is 16.4 Å². The summed E-state index contributed by atoms with van der Waals surface area (Å²) >= 11 is -1.51.